The van der Waals surface area contributed by atoms with E-state index in [9.17, 15) is 14.3 Å². The molecule has 30 heavy (non-hydrogen) atoms. The average molecular weight is 404 g/mol. The lowest BCUT2D eigenvalue weighted by atomic mass is 10.0. The maximum Gasteiger partial charge on any atom is 0.258 e. The van der Waals surface area contributed by atoms with Crippen LogP contribution in [0, 0.1) is 5.82 Å². The van der Waals surface area contributed by atoms with E-state index in [2.05, 4.69) is 15.3 Å². The molecule has 2 heterocycles. The van der Waals surface area contributed by atoms with Crippen LogP contribution < -0.4 is 5.32 Å². The SMILES string of the molecule is CC(C)(O)Cn1c(NC(=O)c2cc(F)cc(-c3cccnc3)c2)nc2ccccc21. The number of halogens is 1. The van der Waals surface area contributed by atoms with Crippen LogP contribution in [0.3, 0.4) is 0 Å². The molecular formula is C23H21FN4O2. The van der Waals surface area contributed by atoms with Gasteiger partial charge in [0.05, 0.1) is 23.2 Å². The monoisotopic (exact) mass is 404 g/mol. The number of hydrogen-bond donors (Lipinski definition) is 2. The predicted octanol–water partition coefficient (Wildman–Crippen LogP) is 4.26. The Morgan fingerprint density at radius 2 is 1.93 bits per heavy atom. The fourth-order valence-corrected chi connectivity index (χ4v) is 3.31. The Hall–Kier alpha value is -3.58. The summed E-state index contributed by atoms with van der Waals surface area (Å²) in [6.07, 6.45) is 3.24. The number of fused-ring (bicyclic) bond motifs is 1. The third-order valence-corrected chi connectivity index (χ3v) is 4.58. The van der Waals surface area contributed by atoms with E-state index < -0.39 is 17.3 Å². The Morgan fingerprint density at radius 3 is 2.67 bits per heavy atom. The van der Waals surface area contributed by atoms with Gasteiger partial charge in [-0.3, -0.25) is 15.1 Å². The van der Waals surface area contributed by atoms with Crippen LogP contribution in [-0.4, -0.2) is 31.1 Å². The van der Waals surface area contributed by atoms with E-state index in [4.69, 9.17) is 0 Å². The number of amides is 1. The molecule has 0 aliphatic rings. The van der Waals surface area contributed by atoms with Gasteiger partial charge < -0.3 is 9.67 Å². The van der Waals surface area contributed by atoms with Crippen molar-refractivity contribution in [1.82, 2.24) is 14.5 Å². The van der Waals surface area contributed by atoms with Gasteiger partial charge >= 0.3 is 0 Å². The maximum absolute atomic E-state index is 14.2. The first-order valence-corrected chi connectivity index (χ1v) is 9.50. The van der Waals surface area contributed by atoms with Crippen molar-refractivity contribution in [2.45, 2.75) is 26.0 Å². The Balaban J connectivity index is 1.70. The lowest BCUT2D eigenvalue weighted by Crippen LogP contribution is -2.27. The molecule has 0 saturated carbocycles. The van der Waals surface area contributed by atoms with Crippen molar-refractivity contribution < 1.29 is 14.3 Å². The fourth-order valence-electron chi connectivity index (χ4n) is 3.31. The molecule has 0 fully saturated rings. The number of aliphatic hydroxyl groups is 1. The topological polar surface area (TPSA) is 80.0 Å². The predicted molar refractivity (Wildman–Crippen MR) is 114 cm³/mol. The number of nitrogens with one attached hydrogen (secondary N) is 1. The fraction of sp³-hybridized carbons (Fsp3) is 0.174. The Labute approximate surface area is 173 Å². The van der Waals surface area contributed by atoms with Crippen LogP contribution >= 0.6 is 0 Å². The summed E-state index contributed by atoms with van der Waals surface area (Å²) in [4.78, 5) is 21.5. The quantitative estimate of drug-likeness (QED) is 0.521. The zero-order valence-corrected chi connectivity index (χ0v) is 16.6. The van der Waals surface area contributed by atoms with E-state index in [1.165, 1.54) is 12.1 Å². The highest BCUT2D eigenvalue weighted by Gasteiger charge is 2.21. The molecule has 0 bridgehead atoms. The Bertz CT molecular complexity index is 1210. The van der Waals surface area contributed by atoms with Crippen LogP contribution in [0.5, 0.6) is 0 Å². The molecule has 6 nitrogen and oxygen atoms in total. The van der Waals surface area contributed by atoms with Gasteiger partial charge in [-0.1, -0.05) is 18.2 Å². The van der Waals surface area contributed by atoms with Crippen molar-refractivity contribution in [2.24, 2.45) is 0 Å². The highest BCUT2D eigenvalue weighted by molar-refractivity contribution is 6.04. The number of imidazole rings is 1. The molecule has 152 valence electrons. The standard InChI is InChI=1S/C23H21FN4O2/c1-23(2,30)14-28-20-8-4-3-7-19(20)26-22(28)27-21(29)17-10-16(11-18(24)12-17)15-6-5-9-25-13-15/h3-13,30H,14H2,1-2H3,(H,26,27,29). The van der Waals surface area contributed by atoms with E-state index in [1.807, 2.05) is 24.3 Å². The number of nitrogens with zero attached hydrogens (tertiary/aromatic N) is 3. The summed E-state index contributed by atoms with van der Waals surface area (Å²) in [5, 5.41) is 13.1. The van der Waals surface area contributed by atoms with Crippen LogP contribution in [-0.2, 0) is 6.54 Å². The van der Waals surface area contributed by atoms with Crippen molar-refractivity contribution in [3.8, 4) is 11.1 Å². The third-order valence-electron chi connectivity index (χ3n) is 4.58. The van der Waals surface area contributed by atoms with Crippen molar-refractivity contribution in [3.05, 3.63) is 78.4 Å². The average Bonchev–Trinajstić information content (AvgIpc) is 3.04. The molecule has 0 spiro atoms. The van der Waals surface area contributed by atoms with Crippen LogP contribution in [0.1, 0.15) is 24.2 Å². The molecule has 0 atom stereocenters. The highest BCUT2D eigenvalue weighted by atomic mass is 19.1. The molecule has 2 N–H and O–H groups in total. The largest absolute Gasteiger partial charge is 0.389 e. The summed E-state index contributed by atoms with van der Waals surface area (Å²) in [6, 6.07) is 15.1. The third kappa shape index (κ3) is 4.21. The highest BCUT2D eigenvalue weighted by Crippen LogP contribution is 2.25. The maximum atomic E-state index is 14.2. The van der Waals surface area contributed by atoms with Crippen LogP contribution in [0.15, 0.2) is 67.0 Å². The Morgan fingerprint density at radius 1 is 1.13 bits per heavy atom. The summed E-state index contributed by atoms with van der Waals surface area (Å²) in [6.45, 7) is 3.59. The molecule has 4 aromatic rings. The molecular weight excluding hydrogens is 383 g/mol. The minimum atomic E-state index is -1.02. The van der Waals surface area contributed by atoms with Crippen LogP contribution in [0.25, 0.3) is 22.2 Å². The number of para-hydroxylation sites is 2. The smallest absolute Gasteiger partial charge is 0.258 e. The number of carbonyl (C=O) groups excluding carboxylic acids is 1. The first-order valence-electron chi connectivity index (χ1n) is 9.50. The summed E-state index contributed by atoms with van der Waals surface area (Å²) in [5.41, 5.74) is 1.88. The first-order chi connectivity index (χ1) is 14.3. The lowest BCUT2D eigenvalue weighted by molar-refractivity contribution is 0.0630. The molecule has 1 amide bonds. The van der Waals surface area contributed by atoms with Gasteiger partial charge in [-0.15, -0.1) is 0 Å². The van der Waals surface area contributed by atoms with Crippen molar-refractivity contribution in [3.63, 3.8) is 0 Å². The summed E-state index contributed by atoms with van der Waals surface area (Å²) in [5.74, 6) is -0.728. The van der Waals surface area contributed by atoms with Gasteiger partial charge in [0.1, 0.15) is 5.82 Å². The number of pyridine rings is 1. The lowest BCUT2D eigenvalue weighted by Gasteiger charge is -2.20. The van der Waals surface area contributed by atoms with Gasteiger partial charge in [0.2, 0.25) is 5.95 Å². The summed E-state index contributed by atoms with van der Waals surface area (Å²) >= 11 is 0. The second-order valence-electron chi connectivity index (χ2n) is 7.75. The van der Waals surface area contributed by atoms with Crippen molar-refractivity contribution >= 4 is 22.9 Å². The zero-order valence-electron chi connectivity index (χ0n) is 16.6. The zero-order chi connectivity index (χ0) is 21.3. The molecule has 0 aliphatic carbocycles. The molecule has 2 aromatic carbocycles. The number of rotatable bonds is 5. The van der Waals surface area contributed by atoms with Crippen molar-refractivity contribution in [2.75, 3.05) is 5.32 Å². The number of carbonyl (C=O) groups is 1. The summed E-state index contributed by atoms with van der Waals surface area (Å²) in [7, 11) is 0. The number of anilines is 1. The van der Waals surface area contributed by atoms with E-state index in [1.54, 1.807) is 49.0 Å². The van der Waals surface area contributed by atoms with Gasteiger partial charge in [-0.25, -0.2) is 9.37 Å². The number of aromatic nitrogens is 3. The number of benzene rings is 2. The normalized spacial score (nSPS) is 11.6. The van der Waals surface area contributed by atoms with Gasteiger partial charge in [-0.2, -0.15) is 0 Å². The second kappa shape index (κ2) is 7.68. The molecule has 2 aromatic heterocycles. The first kappa shape index (κ1) is 19.7. The van der Waals surface area contributed by atoms with Crippen LogP contribution in [0.4, 0.5) is 10.3 Å². The molecule has 0 saturated heterocycles. The van der Waals surface area contributed by atoms with Crippen molar-refractivity contribution in [1.29, 1.82) is 0 Å². The molecule has 4 rings (SSSR count). The van der Waals surface area contributed by atoms with Crippen LogP contribution in [0.2, 0.25) is 0 Å². The minimum absolute atomic E-state index is 0.163. The van der Waals surface area contributed by atoms with E-state index in [0.717, 1.165) is 5.52 Å². The van der Waals surface area contributed by atoms with Gasteiger partial charge in [-0.05, 0) is 55.8 Å². The summed E-state index contributed by atoms with van der Waals surface area (Å²) < 4.78 is 16.0. The minimum Gasteiger partial charge on any atom is -0.389 e. The Kier molecular flexibility index (Phi) is 5.05. The van der Waals surface area contributed by atoms with Gasteiger partial charge in [0, 0.05) is 23.5 Å². The molecule has 7 heteroatoms. The van der Waals surface area contributed by atoms with Gasteiger partial charge in [0.15, 0.2) is 0 Å². The molecule has 0 aliphatic heterocycles. The van der Waals surface area contributed by atoms with E-state index in [-0.39, 0.29) is 18.1 Å². The van der Waals surface area contributed by atoms with E-state index >= 15 is 0 Å². The second-order valence-corrected chi connectivity index (χ2v) is 7.75. The number of hydrogen-bond acceptors (Lipinski definition) is 4. The van der Waals surface area contributed by atoms with Gasteiger partial charge in [0.25, 0.3) is 5.91 Å². The van der Waals surface area contributed by atoms with E-state index in [0.29, 0.717) is 16.6 Å². The molecule has 0 unspecified atom stereocenters. The molecule has 0 radical (unpaired) electrons.